The Bertz CT molecular complexity index is 460. The van der Waals surface area contributed by atoms with E-state index in [0.29, 0.717) is 6.54 Å². The topological polar surface area (TPSA) is 40.5 Å². The van der Waals surface area contributed by atoms with Crippen LogP contribution in [0, 0.1) is 6.92 Å². The fourth-order valence-corrected chi connectivity index (χ4v) is 1.93. The highest BCUT2D eigenvalue weighted by molar-refractivity contribution is 5.72. The van der Waals surface area contributed by atoms with Gasteiger partial charge >= 0.3 is 5.97 Å². The molecule has 0 saturated carbocycles. The Labute approximate surface area is 116 Å². The molecule has 0 aliphatic rings. The molecule has 0 saturated heterocycles. The van der Waals surface area contributed by atoms with E-state index in [4.69, 9.17) is 5.11 Å². The quantitative estimate of drug-likeness (QED) is 0.907. The first kappa shape index (κ1) is 15.7. The van der Waals surface area contributed by atoms with E-state index in [0.717, 1.165) is 0 Å². The second kappa shape index (κ2) is 5.74. The molecule has 106 valence electrons. The lowest BCUT2D eigenvalue weighted by molar-refractivity contribution is -0.142. The molecule has 19 heavy (non-hydrogen) atoms. The standard InChI is InChI=1S/C16H25NO2/c1-11-9-14(16(3,4)5)8-7-13(11)10-17(6)12(2)15(18)19/h7-9,12H,10H2,1-6H3,(H,18,19). The van der Waals surface area contributed by atoms with Gasteiger partial charge in [-0.3, -0.25) is 9.69 Å². The normalized spacial score (nSPS) is 13.6. The zero-order valence-corrected chi connectivity index (χ0v) is 12.8. The molecule has 1 aromatic carbocycles. The van der Waals surface area contributed by atoms with E-state index in [1.165, 1.54) is 16.7 Å². The molecule has 0 aliphatic carbocycles. The molecule has 0 fully saturated rings. The van der Waals surface area contributed by atoms with Gasteiger partial charge in [0.15, 0.2) is 0 Å². The molecule has 0 spiro atoms. The van der Waals surface area contributed by atoms with Crippen molar-refractivity contribution in [1.29, 1.82) is 0 Å². The zero-order valence-electron chi connectivity index (χ0n) is 12.8. The van der Waals surface area contributed by atoms with Gasteiger partial charge in [0.1, 0.15) is 6.04 Å². The van der Waals surface area contributed by atoms with E-state index in [1.54, 1.807) is 6.92 Å². The lowest BCUT2D eigenvalue weighted by Gasteiger charge is -2.24. The number of likely N-dealkylation sites (N-methyl/N-ethyl adjacent to an activating group) is 1. The number of carboxylic acids is 1. The van der Waals surface area contributed by atoms with Crippen molar-refractivity contribution in [3.63, 3.8) is 0 Å². The number of nitrogens with zero attached hydrogens (tertiary/aromatic N) is 1. The molecular weight excluding hydrogens is 238 g/mol. The second-order valence-electron chi connectivity index (χ2n) is 6.32. The predicted molar refractivity (Wildman–Crippen MR) is 78.4 cm³/mol. The van der Waals surface area contributed by atoms with Gasteiger partial charge in [-0.15, -0.1) is 0 Å². The summed E-state index contributed by atoms with van der Waals surface area (Å²) < 4.78 is 0. The molecule has 3 heteroatoms. The van der Waals surface area contributed by atoms with E-state index in [1.807, 2.05) is 11.9 Å². The molecule has 0 aliphatic heterocycles. The summed E-state index contributed by atoms with van der Waals surface area (Å²) in [5, 5.41) is 9.01. The van der Waals surface area contributed by atoms with Crippen LogP contribution in [-0.4, -0.2) is 29.1 Å². The van der Waals surface area contributed by atoms with Crippen LogP contribution >= 0.6 is 0 Å². The highest BCUT2D eigenvalue weighted by Gasteiger charge is 2.18. The highest BCUT2D eigenvalue weighted by Crippen LogP contribution is 2.25. The molecule has 0 amide bonds. The van der Waals surface area contributed by atoms with E-state index >= 15 is 0 Å². The minimum atomic E-state index is -0.786. The first-order valence-corrected chi connectivity index (χ1v) is 6.66. The van der Waals surface area contributed by atoms with Crippen molar-refractivity contribution in [2.24, 2.45) is 0 Å². The molecule has 1 unspecified atom stereocenters. The number of carboxylic acid groups (broad SMARTS) is 1. The Balaban J connectivity index is 2.89. The average molecular weight is 263 g/mol. The smallest absolute Gasteiger partial charge is 0.320 e. The fraction of sp³-hybridized carbons (Fsp3) is 0.562. The Kier molecular flexibility index (Phi) is 4.75. The van der Waals surface area contributed by atoms with Crippen molar-refractivity contribution in [3.05, 3.63) is 34.9 Å². The monoisotopic (exact) mass is 263 g/mol. The summed E-state index contributed by atoms with van der Waals surface area (Å²) in [5.41, 5.74) is 3.85. The van der Waals surface area contributed by atoms with Crippen LogP contribution < -0.4 is 0 Å². The molecule has 1 atom stereocenters. The largest absolute Gasteiger partial charge is 0.480 e. The van der Waals surface area contributed by atoms with Crippen molar-refractivity contribution in [1.82, 2.24) is 4.90 Å². The van der Waals surface area contributed by atoms with Crippen LogP contribution in [0.2, 0.25) is 0 Å². The van der Waals surface area contributed by atoms with Gasteiger partial charge in [-0.1, -0.05) is 39.0 Å². The fourth-order valence-electron chi connectivity index (χ4n) is 1.93. The van der Waals surface area contributed by atoms with Crippen LogP contribution in [0.3, 0.4) is 0 Å². The summed E-state index contributed by atoms with van der Waals surface area (Å²) >= 11 is 0. The summed E-state index contributed by atoms with van der Waals surface area (Å²) in [6.07, 6.45) is 0. The summed E-state index contributed by atoms with van der Waals surface area (Å²) in [7, 11) is 1.84. The van der Waals surface area contributed by atoms with Crippen LogP contribution in [0.1, 0.15) is 44.4 Å². The molecule has 0 radical (unpaired) electrons. The number of benzene rings is 1. The van der Waals surface area contributed by atoms with Crippen LogP contribution in [0.5, 0.6) is 0 Å². The van der Waals surface area contributed by atoms with Gasteiger partial charge in [0.2, 0.25) is 0 Å². The van der Waals surface area contributed by atoms with Gasteiger partial charge in [0.25, 0.3) is 0 Å². The summed E-state index contributed by atoms with van der Waals surface area (Å²) in [5.74, 6) is -0.786. The SMILES string of the molecule is Cc1cc(C(C)(C)C)ccc1CN(C)C(C)C(=O)O. The molecule has 0 bridgehead atoms. The molecule has 1 rings (SSSR count). The van der Waals surface area contributed by atoms with Gasteiger partial charge in [0, 0.05) is 6.54 Å². The summed E-state index contributed by atoms with van der Waals surface area (Å²) in [6.45, 7) is 11.0. The maximum Gasteiger partial charge on any atom is 0.320 e. The van der Waals surface area contributed by atoms with Crippen molar-refractivity contribution in [2.75, 3.05) is 7.05 Å². The average Bonchev–Trinajstić information content (AvgIpc) is 2.29. The molecule has 0 heterocycles. The molecule has 1 N–H and O–H groups in total. The summed E-state index contributed by atoms with van der Waals surface area (Å²) in [4.78, 5) is 12.8. The number of hydrogen-bond donors (Lipinski definition) is 1. The van der Waals surface area contributed by atoms with Crippen molar-refractivity contribution < 1.29 is 9.90 Å². The maximum absolute atomic E-state index is 11.0. The van der Waals surface area contributed by atoms with E-state index in [2.05, 4.69) is 45.9 Å². The molecule has 3 nitrogen and oxygen atoms in total. The predicted octanol–water partition coefficient (Wildman–Crippen LogP) is 3.20. The van der Waals surface area contributed by atoms with Crippen molar-refractivity contribution in [3.8, 4) is 0 Å². The third-order valence-corrected chi connectivity index (χ3v) is 3.65. The van der Waals surface area contributed by atoms with Crippen LogP contribution in [0.25, 0.3) is 0 Å². The second-order valence-corrected chi connectivity index (χ2v) is 6.32. The number of rotatable bonds is 4. The minimum absolute atomic E-state index is 0.142. The first-order valence-electron chi connectivity index (χ1n) is 6.66. The van der Waals surface area contributed by atoms with Crippen LogP contribution in [0.15, 0.2) is 18.2 Å². The molecule has 1 aromatic rings. The Hall–Kier alpha value is -1.35. The maximum atomic E-state index is 11.0. The van der Waals surface area contributed by atoms with Gasteiger partial charge in [-0.25, -0.2) is 0 Å². The van der Waals surface area contributed by atoms with E-state index in [-0.39, 0.29) is 5.41 Å². The number of hydrogen-bond acceptors (Lipinski definition) is 2. The van der Waals surface area contributed by atoms with Gasteiger partial charge in [-0.2, -0.15) is 0 Å². The Morgan fingerprint density at radius 3 is 2.37 bits per heavy atom. The van der Waals surface area contributed by atoms with Gasteiger partial charge in [-0.05, 0) is 43.0 Å². The first-order chi connectivity index (χ1) is 8.62. The van der Waals surface area contributed by atoms with Crippen LogP contribution in [0.4, 0.5) is 0 Å². The summed E-state index contributed by atoms with van der Waals surface area (Å²) in [6, 6.07) is 5.98. The van der Waals surface area contributed by atoms with Crippen molar-refractivity contribution >= 4 is 5.97 Å². The van der Waals surface area contributed by atoms with Crippen LogP contribution in [-0.2, 0) is 16.8 Å². The lowest BCUT2D eigenvalue weighted by Crippen LogP contribution is -2.35. The third kappa shape index (κ3) is 4.06. The van der Waals surface area contributed by atoms with Crippen molar-refractivity contribution in [2.45, 2.75) is 52.6 Å². The number of aryl methyl sites for hydroxylation is 1. The number of carbonyl (C=O) groups is 1. The minimum Gasteiger partial charge on any atom is -0.480 e. The van der Waals surface area contributed by atoms with Gasteiger partial charge in [0.05, 0.1) is 0 Å². The number of aliphatic carboxylic acids is 1. The van der Waals surface area contributed by atoms with E-state index < -0.39 is 12.0 Å². The molecular formula is C16H25NO2. The highest BCUT2D eigenvalue weighted by atomic mass is 16.4. The Morgan fingerprint density at radius 1 is 1.37 bits per heavy atom. The van der Waals surface area contributed by atoms with E-state index in [9.17, 15) is 4.79 Å². The third-order valence-electron chi connectivity index (χ3n) is 3.65. The molecule has 0 aromatic heterocycles. The Morgan fingerprint density at radius 2 is 1.95 bits per heavy atom. The zero-order chi connectivity index (χ0) is 14.8. The van der Waals surface area contributed by atoms with Gasteiger partial charge < -0.3 is 5.11 Å². The lowest BCUT2D eigenvalue weighted by atomic mass is 9.85.